The molecule has 2 aromatic carbocycles. The lowest BCUT2D eigenvalue weighted by atomic mass is 9.97. The van der Waals surface area contributed by atoms with Gasteiger partial charge in [-0.1, -0.05) is 29.8 Å². The predicted molar refractivity (Wildman–Crippen MR) is 93.3 cm³/mol. The molecule has 1 unspecified atom stereocenters. The van der Waals surface area contributed by atoms with E-state index in [9.17, 15) is 18.0 Å². The van der Waals surface area contributed by atoms with Crippen LogP contribution in [0.1, 0.15) is 16.7 Å². The quantitative estimate of drug-likeness (QED) is 0.809. The van der Waals surface area contributed by atoms with Gasteiger partial charge >= 0.3 is 12.1 Å². The Morgan fingerprint density at radius 2 is 1.96 bits per heavy atom. The minimum Gasteiger partial charge on any atom is -0.496 e. The molecular formula is C19H14ClF3O4. The lowest BCUT2D eigenvalue weighted by molar-refractivity contribution is -0.187. The van der Waals surface area contributed by atoms with Crippen molar-refractivity contribution in [3.8, 4) is 11.5 Å². The number of para-hydroxylation sites is 1. The van der Waals surface area contributed by atoms with Gasteiger partial charge in [0.2, 0.25) is 6.10 Å². The third-order valence-corrected chi connectivity index (χ3v) is 4.49. The highest BCUT2D eigenvalue weighted by Crippen LogP contribution is 2.40. The van der Waals surface area contributed by atoms with Gasteiger partial charge in [0.25, 0.3) is 0 Å². The van der Waals surface area contributed by atoms with E-state index in [0.29, 0.717) is 17.7 Å². The molecule has 8 heteroatoms. The van der Waals surface area contributed by atoms with Crippen molar-refractivity contribution < 1.29 is 32.5 Å². The molecule has 0 saturated heterocycles. The van der Waals surface area contributed by atoms with Gasteiger partial charge in [-0.3, -0.25) is 0 Å². The summed E-state index contributed by atoms with van der Waals surface area (Å²) < 4.78 is 49.9. The second kappa shape index (κ2) is 7.15. The lowest BCUT2D eigenvalue weighted by Gasteiger charge is -2.27. The Morgan fingerprint density at radius 1 is 1.26 bits per heavy atom. The number of hydrogen-bond acceptors (Lipinski definition) is 3. The van der Waals surface area contributed by atoms with E-state index in [2.05, 4.69) is 0 Å². The molecule has 2 aromatic rings. The first kappa shape index (κ1) is 19.1. The van der Waals surface area contributed by atoms with Gasteiger partial charge in [0.1, 0.15) is 11.5 Å². The van der Waals surface area contributed by atoms with Crippen molar-refractivity contribution in [2.45, 2.75) is 18.7 Å². The largest absolute Gasteiger partial charge is 0.496 e. The maximum atomic E-state index is 13.2. The highest BCUT2D eigenvalue weighted by Gasteiger charge is 2.48. The molecule has 0 radical (unpaired) electrons. The molecule has 0 fully saturated rings. The Bertz CT molecular complexity index is 922. The lowest BCUT2D eigenvalue weighted by Crippen LogP contribution is -2.40. The van der Waals surface area contributed by atoms with Crippen molar-refractivity contribution >= 4 is 23.6 Å². The molecule has 0 saturated carbocycles. The van der Waals surface area contributed by atoms with Crippen LogP contribution in [-0.2, 0) is 11.2 Å². The van der Waals surface area contributed by atoms with Gasteiger partial charge in [-0.05, 0) is 35.4 Å². The van der Waals surface area contributed by atoms with Crippen molar-refractivity contribution in [3.05, 3.63) is 63.7 Å². The maximum Gasteiger partial charge on any atom is 0.430 e. The van der Waals surface area contributed by atoms with Gasteiger partial charge in [0.05, 0.1) is 12.7 Å². The Labute approximate surface area is 157 Å². The second-order valence-corrected chi connectivity index (χ2v) is 6.32. The van der Waals surface area contributed by atoms with Crippen LogP contribution in [0, 0.1) is 0 Å². The van der Waals surface area contributed by atoms with E-state index in [1.807, 2.05) is 12.1 Å². The number of carboxylic acid groups (broad SMARTS) is 1. The maximum absolute atomic E-state index is 13.2. The highest BCUT2D eigenvalue weighted by atomic mass is 35.5. The molecular weight excluding hydrogens is 385 g/mol. The molecule has 0 spiro atoms. The molecule has 0 bridgehead atoms. The van der Waals surface area contributed by atoms with E-state index in [1.165, 1.54) is 19.2 Å². The molecule has 0 amide bonds. The molecule has 142 valence electrons. The van der Waals surface area contributed by atoms with Gasteiger partial charge in [-0.25, -0.2) is 4.79 Å². The number of aliphatic carboxylic acids is 1. The molecule has 1 aliphatic heterocycles. The first-order valence-electron chi connectivity index (χ1n) is 7.83. The van der Waals surface area contributed by atoms with E-state index < -0.39 is 23.8 Å². The van der Waals surface area contributed by atoms with Crippen LogP contribution in [0.25, 0.3) is 6.08 Å². The van der Waals surface area contributed by atoms with E-state index in [-0.39, 0.29) is 16.3 Å². The van der Waals surface area contributed by atoms with E-state index in [0.717, 1.165) is 11.6 Å². The number of carbonyl (C=O) groups is 1. The monoisotopic (exact) mass is 398 g/mol. The summed E-state index contributed by atoms with van der Waals surface area (Å²) in [4.78, 5) is 11.2. The minimum absolute atomic E-state index is 0.0726. The first-order valence-corrected chi connectivity index (χ1v) is 8.21. The van der Waals surface area contributed by atoms with Crippen molar-refractivity contribution in [1.29, 1.82) is 0 Å². The number of benzene rings is 2. The number of carboxylic acids is 1. The third kappa shape index (κ3) is 3.88. The summed E-state index contributed by atoms with van der Waals surface area (Å²) in [6.07, 6.45) is -6.14. The van der Waals surface area contributed by atoms with Crippen LogP contribution in [0.15, 0.2) is 42.0 Å². The molecule has 1 heterocycles. The van der Waals surface area contributed by atoms with Gasteiger partial charge in [0.15, 0.2) is 0 Å². The zero-order chi connectivity index (χ0) is 19.8. The summed E-state index contributed by atoms with van der Waals surface area (Å²) in [5.74, 6) is -1.15. The zero-order valence-corrected chi connectivity index (χ0v) is 14.8. The van der Waals surface area contributed by atoms with E-state index >= 15 is 0 Å². The van der Waals surface area contributed by atoms with Crippen molar-refractivity contribution in [2.75, 3.05) is 7.11 Å². The predicted octanol–water partition coefficient (Wildman–Crippen LogP) is 4.73. The van der Waals surface area contributed by atoms with Crippen LogP contribution in [0.4, 0.5) is 13.2 Å². The second-order valence-electron chi connectivity index (χ2n) is 5.91. The summed E-state index contributed by atoms with van der Waals surface area (Å²) in [7, 11) is 1.52. The number of alkyl halides is 3. The summed E-state index contributed by atoms with van der Waals surface area (Å²) in [5.41, 5.74) is 0.630. The highest BCUT2D eigenvalue weighted by molar-refractivity contribution is 6.31. The molecule has 27 heavy (non-hydrogen) atoms. The third-order valence-electron chi connectivity index (χ3n) is 4.13. The van der Waals surface area contributed by atoms with Gasteiger partial charge in [0, 0.05) is 17.0 Å². The molecule has 1 aliphatic rings. The molecule has 1 atom stereocenters. The normalized spacial score (nSPS) is 16.2. The molecule has 0 aliphatic carbocycles. The smallest absolute Gasteiger partial charge is 0.430 e. The average Bonchev–Trinajstić information content (AvgIpc) is 2.61. The average molecular weight is 399 g/mol. The minimum atomic E-state index is -4.86. The van der Waals surface area contributed by atoms with E-state index in [1.54, 1.807) is 12.1 Å². The zero-order valence-electron chi connectivity index (χ0n) is 14.0. The molecule has 1 N–H and O–H groups in total. The van der Waals surface area contributed by atoms with Crippen molar-refractivity contribution in [2.24, 2.45) is 0 Å². The molecule has 3 rings (SSSR count). The number of methoxy groups -OCH3 is 1. The number of fused-ring (bicyclic) bond motifs is 1. The fraction of sp³-hybridized carbons (Fsp3) is 0.211. The Kier molecular flexibility index (Phi) is 5.06. The molecule has 4 nitrogen and oxygen atoms in total. The fourth-order valence-corrected chi connectivity index (χ4v) is 3.11. The van der Waals surface area contributed by atoms with Crippen LogP contribution in [0.3, 0.4) is 0 Å². The summed E-state index contributed by atoms with van der Waals surface area (Å²) in [5, 5.41) is 9.37. The Hall–Kier alpha value is -2.67. The van der Waals surface area contributed by atoms with Gasteiger partial charge < -0.3 is 14.6 Å². The number of rotatable bonds is 4. The summed E-state index contributed by atoms with van der Waals surface area (Å²) in [6.45, 7) is 0. The number of ether oxygens (including phenoxy) is 2. The van der Waals surface area contributed by atoms with Crippen LogP contribution in [-0.4, -0.2) is 30.5 Å². The number of halogens is 4. The van der Waals surface area contributed by atoms with E-state index in [4.69, 9.17) is 26.2 Å². The van der Waals surface area contributed by atoms with Crippen molar-refractivity contribution in [1.82, 2.24) is 0 Å². The Balaban J connectivity index is 2.03. The van der Waals surface area contributed by atoms with Gasteiger partial charge in [-0.15, -0.1) is 0 Å². The van der Waals surface area contributed by atoms with Gasteiger partial charge in [-0.2, -0.15) is 13.2 Å². The fourth-order valence-electron chi connectivity index (χ4n) is 2.87. The Morgan fingerprint density at radius 3 is 2.59 bits per heavy atom. The van der Waals surface area contributed by atoms with Crippen LogP contribution in [0.5, 0.6) is 11.5 Å². The summed E-state index contributed by atoms with van der Waals surface area (Å²) in [6, 6.07) is 9.99. The van der Waals surface area contributed by atoms with Crippen LogP contribution >= 0.6 is 11.6 Å². The van der Waals surface area contributed by atoms with Crippen molar-refractivity contribution in [3.63, 3.8) is 0 Å². The number of hydrogen-bond donors (Lipinski definition) is 1. The molecule has 0 aromatic heterocycles. The van der Waals surface area contributed by atoms with Crippen LogP contribution in [0.2, 0.25) is 5.02 Å². The summed E-state index contributed by atoms with van der Waals surface area (Å²) >= 11 is 6.26. The topological polar surface area (TPSA) is 55.8 Å². The first-order chi connectivity index (χ1) is 12.7. The SMILES string of the molecule is COc1ccccc1Cc1cc2c(cc1Cl)C=C(C(=O)O)C(C(F)(F)F)O2. The standard InChI is InChI=1S/C19H14ClF3O4/c1-26-15-5-3-2-4-10(15)6-11-9-16-12(8-14(11)20)7-13(18(24)25)17(27-16)19(21,22)23/h2-5,7-9,17H,6H2,1H3,(H,24,25). The van der Waals surface area contributed by atoms with Crippen LogP contribution < -0.4 is 9.47 Å².